The van der Waals surface area contributed by atoms with Crippen LogP contribution in [0, 0.1) is 5.92 Å². The van der Waals surface area contributed by atoms with Gasteiger partial charge in [-0.25, -0.2) is 0 Å². The molecule has 0 atom stereocenters. The van der Waals surface area contributed by atoms with E-state index in [1.807, 2.05) is 12.1 Å². The van der Waals surface area contributed by atoms with Crippen molar-refractivity contribution in [2.24, 2.45) is 5.92 Å². The molecular formula is C24H29ClN2O2. The minimum atomic E-state index is 0.134. The number of ether oxygens (including phenoxy) is 1. The van der Waals surface area contributed by atoms with Crippen molar-refractivity contribution in [2.75, 3.05) is 20.1 Å². The van der Waals surface area contributed by atoms with Crippen molar-refractivity contribution in [2.45, 2.75) is 44.8 Å². The molecule has 1 aliphatic carbocycles. The van der Waals surface area contributed by atoms with Crippen LogP contribution in [0.25, 0.3) is 0 Å². The molecule has 1 saturated carbocycles. The lowest BCUT2D eigenvalue weighted by atomic mass is 9.96. The minimum Gasteiger partial charge on any atom is -0.489 e. The third-order valence-electron chi connectivity index (χ3n) is 6.17. The van der Waals surface area contributed by atoms with Crippen LogP contribution >= 0.6 is 11.6 Å². The Morgan fingerprint density at radius 3 is 2.45 bits per heavy atom. The second kappa shape index (κ2) is 9.19. The van der Waals surface area contributed by atoms with E-state index in [1.165, 1.54) is 36.8 Å². The van der Waals surface area contributed by atoms with Crippen LogP contribution in [0.15, 0.2) is 42.5 Å². The SMILES string of the molecule is CNC(=O)C1CN(Cc2ccc(OCc3ccc(C4CCCC4)c(Cl)c3)cc2)C1. The third-order valence-corrected chi connectivity index (χ3v) is 6.50. The monoisotopic (exact) mass is 412 g/mol. The van der Waals surface area contributed by atoms with Gasteiger partial charge in [0.15, 0.2) is 0 Å². The van der Waals surface area contributed by atoms with E-state index in [4.69, 9.17) is 16.3 Å². The fraction of sp³-hybridized carbons (Fsp3) is 0.458. The van der Waals surface area contributed by atoms with Crippen molar-refractivity contribution in [3.05, 3.63) is 64.2 Å². The average molecular weight is 413 g/mol. The Hall–Kier alpha value is -2.04. The van der Waals surface area contributed by atoms with Crippen LogP contribution < -0.4 is 10.1 Å². The maximum absolute atomic E-state index is 11.6. The highest BCUT2D eigenvalue weighted by atomic mass is 35.5. The van der Waals surface area contributed by atoms with Gasteiger partial charge in [-0.3, -0.25) is 9.69 Å². The van der Waals surface area contributed by atoms with E-state index in [0.29, 0.717) is 12.5 Å². The van der Waals surface area contributed by atoms with Crippen molar-refractivity contribution >= 4 is 17.5 Å². The second-order valence-electron chi connectivity index (χ2n) is 8.28. The van der Waals surface area contributed by atoms with Crippen molar-refractivity contribution in [3.8, 4) is 5.75 Å². The summed E-state index contributed by atoms with van der Waals surface area (Å²) in [6.45, 7) is 3.04. The molecule has 2 aliphatic rings. The Balaban J connectivity index is 1.26. The first kappa shape index (κ1) is 20.2. The van der Waals surface area contributed by atoms with E-state index in [1.54, 1.807) is 7.05 Å². The number of likely N-dealkylation sites (tertiary alicyclic amines) is 1. The standard InChI is InChI=1S/C24H29ClN2O2/c1-26-24(28)20-14-27(15-20)13-17-6-9-21(10-7-17)29-16-18-8-11-22(23(25)12-18)19-4-2-3-5-19/h6-12,19-20H,2-5,13-16H2,1H3,(H,26,28). The number of nitrogens with zero attached hydrogens (tertiary/aromatic N) is 1. The number of nitrogens with one attached hydrogen (secondary N) is 1. The maximum atomic E-state index is 11.6. The average Bonchev–Trinajstić information content (AvgIpc) is 3.23. The fourth-order valence-electron chi connectivity index (χ4n) is 4.41. The highest BCUT2D eigenvalue weighted by molar-refractivity contribution is 6.31. The molecule has 154 valence electrons. The quantitative estimate of drug-likeness (QED) is 0.713. The molecule has 5 heteroatoms. The molecule has 1 aliphatic heterocycles. The topological polar surface area (TPSA) is 41.6 Å². The van der Waals surface area contributed by atoms with Gasteiger partial charge in [-0.05, 0) is 53.6 Å². The zero-order valence-corrected chi connectivity index (χ0v) is 17.8. The summed E-state index contributed by atoms with van der Waals surface area (Å²) >= 11 is 6.53. The van der Waals surface area contributed by atoms with Crippen LogP contribution in [0.1, 0.15) is 48.3 Å². The van der Waals surface area contributed by atoms with Crippen LogP contribution in [-0.4, -0.2) is 30.9 Å². The molecule has 0 radical (unpaired) electrons. The second-order valence-corrected chi connectivity index (χ2v) is 8.68. The molecule has 0 unspecified atom stereocenters. The molecule has 0 aromatic heterocycles. The Morgan fingerprint density at radius 1 is 1.10 bits per heavy atom. The summed E-state index contributed by atoms with van der Waals surface area (Å²) in [6.07, 6.45) is 5.14. The zero-order valence-electron chi connectivity index (χ0n) is 17.0. The van der Waals surface area contributed by atoms with Crippen molar-refractivity contribution in [1.82, 2.24) is 10.2 Å². The highest BCUT2D eigenvalue weighted by Crippen LogP contribution is 2.37. The smallest absolute Gasteiger partial charge is 0.225 e. The van der Waals surface area contributed by atoms with E-state index in [2.05, 4.69) is 40.5 Å². The van der Waals surface area contributed by atoms with Gasteiger partial charge in [0.05, 0.1) is 5.92 Å². The number of halogens is 1. The first-order valence-electron chi connectivity index (χ1n) is 10.6. The zero-order chi connectivity index (χ0) is 20.2. The molecule has 1 N–H and O–H groups in total. The van der Waals surface area contributed by atoms with Crippen LogP contribution in [0.2, 0.25) is 5.02 Å². The van der Waals surface area contributed by atoms with Crippen molar-refractivity contribution < 1.29 is 9.53 Å². The number of carbonyl (C=O) groups is 1. The molecule has 2 aromatic carbocycles. The Bertz CT molecular complexity index is 840. The van der Waals surface area contributed by atoms with Gasteiger partial charge in [0.25, 0.3) is 0 Å². The van der Waals surface area contributed by atoms with Crippen LogP contribution in [-0.2, 0) is 17.9 Å². The number of rotatable bonds is 7. The summed E-state index contributed by atoms with van der Waals surface area (Å²) < 4.78 is 5.95. The van der Waals surface area contributed by atoms with Gasteiger partial charge >= 0.3 is 0 Å². The van der Waals surface area contributed by atoms with Gasteiger partial charge < -0.3 is 10.1 Å². The van der Waals surface area contributed by atoms with E-state index in [-0.39, 0.29) is 11.8 Å². The van der Waals surface area contributed by atoms with Gasteiger partial charge in [0, 0.05) is 31.7 Å². The molecule has 4 rings (SSSR count). The summed E-state index contributed by atoms with van der Waals surface area (Å²) in [5.41, 5.74) is 3.63. The predicted molar refractivity (Wildman–Crippen MR) is 116 cm³/mol. The molecule has 1 saturated heterocycles. The number of carbonyl (C=O) groups excluding carboxylic acids is 1. The number of amides is 1. The van der Waals surface area contributed by atoms with Crippen LogP contribution in [0.3, 0.4) is 0 Å². The molecule has 1 amide bonds. The summed E-state index contributed by atoms with van der Waals surface area (Å²) in [5.74, 6) is 1.76. The molecule has 2 aromatic rings. The van der Waals surface area contributed by atoms with Gasteiger partial charge in [0.1, 0.15) is 12.4 Å². The van der Waals surface area contributed by atoms with Gasteiger partial charge in [-0.1, -0.05) is 48.7 Å². The van der Waals surface area contributed by atoms with E-state index >= 15 is 0 Å². The lowest BCUT2D eigenvalue weighted by Gasteiger charge is -2.38. The molecule has 0 bridgehead atoms. The number of hydrogen-bond donors (Lipinski definition) is 1. The third kappa shape index (κ3) is 4.93. The van der Waals surface area contributed by atoms with E-state index in [0.717, 1.165) is 36.0 Å². The Labute approximate surface area is 178 Å². The fourth-order valence-corrected chi connectivity index (χ4v) is 4.77. The summed E-state index contributed by atoms with van der Waals surface area (Å²) in [7, 11) is 1.70. The minimum absolute atomic E-state index is 0.134. The maximum Gasteiger partial charge on any atom is 0.225 e. The largest absolute Gasteiger partial charge is 0.489 e. The lowest BCUT2D eigenvalue weighted by molar-refractivity contribution is -0.129. The molecule has 2 fully saturated rings. The van der Waals surface area contributed by atoms with Crippen molar-refractivity contribution in [1.29, 1.82) is 0 Å². The number of benzene rings is 2. The predicted octanol–water partition coefficient (Wildman–Crippen LogP) is 4.75. The normalized spacial score (nSPS) is 17.9. The summed E-state index contributed by atoms with van der Waals surface area (Å²) in [5, 5.41) is 3.59. The Kier molecular flexibility index (Phi) is 6.41. The van der Waals surface area contributed by atoms with E-state index < -0.39 is 0 Å². The Morgan fingerprint density at radius 2 is 1.79 bits per heavy atom. The highest BCUT2D eigenvalue weighted by Gasteiger charge is 2.31. The summed E-state index contributed by atoms with van der Waals surface area (Å²) in [6, 6.07) is 14.6. The molecule has 0 spiro atoms. The molecule has 4 nitrogen and oxygen atoms in total. The lowest BCUT2D eigenvalue weighted by Crippen LogP contribution is -2.52. The van der Waals surface area contributed by atoms with E-state index in [9.17, 15) is 4.79 Å². The van der Waals surface area contributed by atoms with Crippen molar-refractivity contribution in [3.63, 3.8) is 0 Å². The van der Waals surface area contributed by atoms with Crippen LogP contribution in [0.5, 0.6) is 5.75 Å². The van der Waals surface area contributed by atoms with Gasteiger partial charge in [-0.2, -0.15) is 0 Å². The first-order chi connectivity index (χ1) is 14.1. The molecule has 29 heavy (non-hydrogen) atoms. The molecular weight excluding hydrogens is 384 g/mol. The van der Waals surface area contributed by atoms with Crippen LogP contribution in [0.4, 0.5) is 0 Å². The summed E-state index contributed by atoms with van der Waals surface area (Å²) in [4.78, 5) is 13.9. The molecule has 1 heterocycles. The number of hydrogen-bond acceptors (Lipinski definition) is 3. The van der Waals surface area contributed by atoms with Gasteiger partial charge in [0.2, 0.25) is 5.91 Å². The van der Waals surface area contributed by atoms with Gasteiger partial charge in [-0.15, -0.1) is 0 Å². The first-order valence-corrected chi connectivity index (χ1v) is 10.9.